The predicted molar refractivity (Wildman–Crippen MR) is 105 cm³/mol. The zero-order chi connectivity index (χ0) is 21.4. The normalized spacial score (nSPS) is 23.3. The van der Waals surface area contributed by atoms with E-state index in [2.05, 4.69) is 26.8 Å². The zero-order valence-electron chi connectivity index (χ0n) is 15.8. The number of nitrogens with zero attached hydrogens (tertiary/aromatic N) is 3. The number of nitrogens with two attached hydrogens (primary N) is 1. The van der Waals surface area contributed by atoms with Crippen LogP contribution in [0.2, 0.25) is 0 Å². The highest BCUT2D eigenvalue weighted by Crippen LogP contribution is 2.32. The summed E-state index contributed by atoms with van der Waals surface area (Å²) in [5, 5.41) is 30.0. The molecule has 3 aromatic rings. The van der Waals surface area contributed by atoms with Gasteiger partial charge in [0.25, 0.3) is 5.56 Å². The molecule has 1 aliphatic heterocycles. The molecule has 0 spiro atoms. The van der Waals surface area contributed by atoms with Crippen molar-refractivity contribution in [2.75, 3.05) is 19.5 Å². The molecular formula is C19H19N5O6. The van der Waals surface area contributed by atoms with Gasteiger partial charge in [-0.05, 0) is 30.2 Å². The molecule has 1 fully saturated rings. The summed E-state index contributed by atoms with van der Waals surface area (Å²) in [6, 6.07) is 6.97. The Morgan fingerprint density at radius 2 is 1.97 bits per heavy atom. The van der Waals surface area contributed by atoms with E-state index < -0.39 is 36.7 Å². The molecule has 1 aromatic carbocycles. The molecule has 0 aliphatic carbocycles. The average molecular weight is 413 g/mol. The second-order valence-electron chi connectivity index (χ2n) is 6.64. The summed E-state index contributed by atoms with van der Waals surface area (Å²) in [4.78, 5) is 23.0. The summed E-state index contributed by atoms with van der Waals surface area (Å²) in [5.41, 5.74) is 5.70. The van der Waals surface area contributed by atoms with Crippen LogP contribution in [0.5, 0.6) is 5.75 Å². The van der Waals surface area contributed by atoms with Crippen LogP contribution in [-0.4, -0.2) is 66.9 Å². The summed E-state index contributed by atoms with van der Waals surface area (Å²) >= 11 is 0. The number of aromatic amines is 1. The Hall–Kier alpha value is -3.43. The molecule has 2 aromatic heterocycles. The SMILES string of the molecule is COc1ccc(C#Cc2nc3c(=O)[nH]c(N)nc3n2C2OC(CO)C(O)C2O)cc1. The minimum atomic E-state index is -1.41. The molecule has 4 rings (SSSR count). The van der Waals surface area contributed by atoms with E-state index in [4.69, 9.17) is 15.2 Å². The molecule has 6 N–H and O–H groups in total. The number of H-pyrrole nitrogens is 1. The van der Waals surface area contributed by atoms with Crippen LogP contribution in [0.3, 0.4) is 0 Å². The predicted octanol–water partition coefficient (Wildman–Crippen LogP) is -1.28. The zero-order valence-corrected chi connectivity index (χ0v) is 15.8. The highest BCUT2D eigenvalue weighted by Gasteiger charge is 2.45. The lowest BCUT2D eigenvalue weighted by atomic mass is 10.1. The van der Waals surface area contributed by atoms with Crippen molar-refractivity contribution in [1.82, 2.24) is 19.5 Å². The first-order valence-corrected chi connectivity index (χ1v) is 8.99. The Morgan fingerprint density at radius 3 is 2.60 bits per heavy atom. The Bertz CT molecular complexity index is 1190. The number of aliphatic hydroxyl groups excluding tert-OH is 3. The third kappa shape index (κ3) is 3.38. The van der Waals surface area contributed by atoms with Crippen molar-refractivity contribution in [2.24, 2.45) is 0 Å². The minimum absolute atomic E-state index is 0.0325. The molecule has 30 heavy (non-hydrogen) atoms. The fourth-order valence-electron chi connectivity index (χ4n) is 3.23. The molecule has 0 amide bonds. The molecule has 0 saturated carbocycles. The molecule has 0 radical (unpaired) electrons. The topological polar surface area (TPSA) is 169 Å². The largest absolute Gasteiger partial charge is 0.497 e. The van der Waals surface area contributed by atoms with E-state index in [1.54, 1.807) is 31.4 Å². The van der Waals surface area contributed by atoms with Crippen LogP contribution in [0.15, 0.2) is 29.1 Å². The summed E-state index contributed by atoms with van der Waals surface area (Å²) in [6.45, 7) is -0.510. The van der Waals surface area contributed by atoms with Crippen LogP contribution in [0.4, 0.5) is 5.95 Å². The number of nitrogen functional groups attached to an aromatic ring is 1. The van der Waals surface area contributed by atoms with Crippen molar-refractivity contribution in [2.45, 2.75) is 24.5 Å². The first kappa shape index (κ1) is 19.9. The molecule has 1 aliphatic rings. The van der Waals surface area contributed by atoms with Crippen molar-refractivity contribution >= 4 is 17.1 Å². The van der Waals surface area contributed by atoms with Gasteiger partial charge < -0.3 is 30.5 Å². The van der Waals surface area contributed by atoms with E-state index >= 15 is 0 Å². The fourth-order valence-corrected chi connectivity index (χ4v) is 3.23. The summed E-state index contributed by atoms with van der Waals surface area (Å²) in [5.74, 6) is 6.34. The number of ether oxygens (including phenoxy) is 2. The van der Waals surface area contributed by atoms with Crippen molar-refractivity contribution in [3.05, 3.63) is 46.0 Å². The summed E-state index contributed by atoms with van der Waals surface area (Å²) in [6.07, 6.45) is -4.97. The van der Waals surface area contributed by atoms with Gasteiger partial charge in [0.1, 0.15) is 24.1 Å². The third-order valence-corrected chi connectivity index (χ3v) is 4.75. The van der Waals surface area contributed by atoms with E-state index in [1.807, 2.05) is 0 Å². The van der Waals surface area contributed by atoms with Crippen molar-refractivity contribution in [3.8, 4) is 17.6 Å². The number of anilines is 1. The number of aliphatic hydroxyl groups is 3. The number of nitrogens with one attached hydrogen (secondary N) is 1. The van der Waals surface area contributed by atoms with Crippen LogP contribution >= 0.6 is 0 Å². The number of aromatic nitrogens is 4. The number of hydrogen-bond donors (Lipinski definition) is 5. The van der Waals surface area contributed by atoms with Gasteiger partial charge in [-0.1, -0.05) is 5.92 Å². The van der Waals surface area contributed by atoms with E-state index in [0.717, 1.165) is 0 Å². The number of hydrogen-bond acceptors (Lipinski definition) is 9. The van der Waals surface area contributed by atoms with Gasteiger partial charge in [-0.2, -0.15) is 4.98 Å². The molecule has 156 valence electrons. The number of rotatable bonds is 3. The van der Waals surface area contributed by atoms with E-state index in [0.29, 0.717) is 11.3 Å². The third-order valence-electron chi connectivity index (χ3n) is 4.75. The minimum Gasteiger partial charge on any atom is -0.497 e. The number of benzene rings is 1. The lowest BCUT2D eigenvalue weighted by molar-refractivity contribution is -0.0514. The van der Waals surface area contributed by atoms with E-state index in [-0.39, 0.29) is 22.9 Å². The first-order valence-electron chi connectivity index (χ1n) is 8.99. The molecule has 4 unspecified atom stereocenters. The number of imidazole rings is 1. The second kappa shape index (κ2) is 7.77. The van der Waals surface area contributed by atoms with Gasteiger partial charge in [0.15, 0.2) is 23.2 Å². The van der Waals surface area contributed by atoms with E-state index in [1.165, 1.54) is 4.57 Å². The van der Waals surface area contributed by atoms with Crippen LogP contribution in [0.1, 0.15) is 17.6 Å². The van der Waals surface area contributed by atoms with Gasteiger partial charge in [-0.15, -0.1) is 0 Å². The Labute approximate surface area is 169 Å². The number of methoxy groups -OCH3 is 1. The molecular weight excluding hydrogens is 394 g/mol. The standard InChI is InChI=1S/C19H19N5O6/c1-29-10-5-2-9(3-6-10)4-7-12-21-13-16(22-19(20)23-17(13)28)24(12)18-15(27)14(26)11(8-25)30-18/h2-3,5-6,11,14-15,18,25-27H,8H2,1H3,(H3,20,22,23,28). The van der Waals surface area contributed by atoms with Gasteiger partial charge in [0, 0.05) is 5.56 Å². The highest BCUT2D eigenvalue weighted by atomic mass is 16.6. The fraction of sp³-hybridized carbons (Fsp3) is 0.316. The van der Waals surface area contributed by atoms with Gasteiger partial charge >= 0.3 is 0 Å². The Balaban J connectivity index is 1.85. The summed E-state index contributed by atoms with van der Waals surface area (Å²) in [7, 11) is 1.56. The van der Waals surface area contributed by atoms with Crippen molar-refractivity contribution in [3.63, 3.8) is 0 Å². The lowest BCUT2D eigenvalue weighted by Gasteiger charge is -2.17. The molecule has 11 heteroatoms. The monoisotopic (exact) mass is 413 g/mol. The maximum atomic E-state index is 12.3. The van der Waals surface area contributed by atoms with Crippen LogP contribution in [0, 0.1) is 11.8 Å². The number of fused-ring (bicyclic) bond motifs is 1. The smallest absolute Gasteiger partial charge is 0.280 e. The van der Waals surface area contributed by atoms with Crippen LogP contribution in [0.25, 0.3) is 11.2 Å². The average Bonchev–Trinajstić information content (AvgIpc) is 3.24. The van der Waals surface area contributed by atoms with Crippen molar-refractivity contribution < 1.29 is 24.8 Å². The van der Waals surface area contributed by atoms with Gasteiger partial charge in [0.05, 0.1) is 13.7 Å². The summed E-state index contributed by atoms with van der Waals surface area (Å²) < 4.78 is 12.0. The molecule has 11 nitrogen and oxygen atoms in total. The molecule has 4 atom stereocenters. The van der Waals surface area contributed by atoms with Crippen LogP contribution in [-0.2, 0) is 4.74 Å². The van der Waals surface area contributed by atoms with Crippen molar-refractivity contribution in [1.29, 1.82) is 0 Å². The second-order valence-corrected chi connectivity index (χ2v) is 6.64. The quantitative estimate of drug-likeness (QED) is 0.328. The maximum absolute atomic E-state index is 12.3. The Morgan fingerprint density at radius 1 is 1.23 bits per heavy atom. The van der Waals surface area contributed by atoms with Gasteiger partial charge in [-0.3, -0.25) is 14.3 Å². The lowest BCUT2D eigenvalue weighted by Crippen LogP contribution is -2.33. The Kier molecular flexibility index (Phi) is 5.15. The maximum Gasteiger partial charge on any atom is 0.280 e. The van der Waals surface area contributed by atoms with Crippen LogP contribution < -0.4 is 16.0 Å². The van der Waals surface area contributed by atoms with Gasteiger partial charge in [-0.25, -0.2) is 4.98 Å². The molecule has 0 bridgehead atoms. The first-order chi connectivity index (χ1) is 14.4. The van der Waals surface area contributed by atoms with Gasteiger partial charge in [0.2, 0.25) is 5.95 Å². The molecule has 1 saturated heterocycles. The highest BCUT2D eigenvalue weighted by molar-refractivity contribution is 5.73. The van der Waals surface area contributed by atoms with E-state index in [9.17, 15) is 20.1 Å². The molecule has 3 heterocycles.